The van der Waals surface area contributed by atoms with Crippen molar-refractivity contribution < 1.29 is 23.9 Å². The van der Waals surface area contributed by atoms with Crippen LogP contribution >= 0.6 is 0 Å². The number of rotatable bonds is 9. The topological polar surface area (TPSA) is 137 Å². The molecule has 0 radical (unpaired) electrons. The molecule has 10 nitrogen and oxygen atoms in total. The summed E-state index contributed by atoms with van der Waals surface area (Å²) in [5.74, 6) is 0.861. The molecule has 2 atom stereocenters. The zero-order valence-electron chi connectivity index (χ0n) is 21.3. The summed E-state index contributed by atoms with van der Waals surface area (Å²) in [7, 11) is 1.93. The van der Waals surface area contributed by atoms with Crippen molar-refractivity contribution in [1.82, 2.24) is 15.3 Å². The van der Waals surface area contributed by atoms with Gasteiger partial charge in [0.05, 0.1) is 24.3 Å². The number of ketones is 2. The van der Waals surface area contributed by atoms with Crippen molar-refractivity contribution in [3.63, 3.8) is 0 Å². The molecule has 0 aromatic carbocycles. The van der Waals surface area contributed by atoms with E-state index in [2.05, 4.69) is 22.2 Å². The third-order valence-corrected chi connectivity index (χ3v) is 7.46. The normalized spacial score (nSPS) is 24.7. The highest BCUT2D eigenvalue weighted by Gasteiger charge is 2.49. The van der Waals surface area contributed by atoms with E-state index in [9.17, 15) is 14.4 Å². The van der Waals surface area contributed by atoms with Crippen LogP contribution in [0.4, 0.5) is 10.6 Å². The van der Waals surface area contributed by atoms with Gasteiger partial charge in [0, 0.05) is 18.1 Å². The van der Waals surface area contributed by atoms with Gasteiger partial charge in [-0.1, -0.05) is 13.3 Å². The van der Waals surface area contributed by atoms with Gasteiger partial charge in [0.2, 0.25) is 5.88 Å². The lowest BCUT2D eigenvalue weighted by Gasteiger charge is -2.38. The maximum atomic E-state index is 13.6. The molecule has 0 bridgehead atoms. The lowest BCUT2D eigenvalue weighted by molar-refractivity contribution is -0.143. The summed E-state index contributed by atoms with van der Waals surface area (Å²) in [6, 6.07) is 1.60. The van der Waals surface area contributed by atoms with E-state index in [1.807, 2.05) is 7.05 Å². The summed E-state index contributed by atoms with van der Waals surface area (Å²) < 4.78 is 11.1. The van der Waals surface area contributed by atoms with E-state index in [-0.39, 0.29) is 35.6 Å². The van der Waals surface area contributed by atoms with Crippen LogP contribution < -0.4 is 20.7 Å². The summed E-state index contributed by atoms with van der Waals surface area (Å²) in [4.78, 5) is 49.1. The Kier molecular flexibility index (Phi) is 8.23. The Bertz CT molecular complexity index is 1040. The van der Waals surface area contributed by atoms with Crippen LogP contribution in [-0.4, -0.2) is 61.0 Å². The molecule has 1 aliphatic heterocycles. The molecule has 3 aliphatic rings. The lowest BCUT2D eigenvalue weighted by atomic mass is 9.62. The monoisotopic (exact) mass is 499 g/mol. The second-order valence-electron chi connectivity index (χ2n) is 10.1. The fraction of sp³-hybridized carbons (Fsp3) is 0.654. The molecular formula is C26H37N5O5. The first-order valence-corrected chi connectivity index (χ1v) is 13.0. The predicted molar refractivity (Wildman–Crippen MR) is 134 cm³/mol. The van der Waals surface area contributed by atoms with Crippen molar-refractivity contribution in [3.8, 4) is 5.88 Å². The highest BCUT2D eigenvalue weighted by atomic mass is 16.6. The SMILES string of the molecule is CNCCC[C@H](C)COc1cc(N2CCOC2=O)nc(/C(N)=C2\CCC[C@@]3(CCCCC3=O)C2=O)n1. The molecular weight excluding hydrogens is 462 g/mol. The van der Waals surface area contributed by atoms with Crippen LogP contribution in [0.3, 0.4) is 0 Å². The van der Waals surface area contributed by atoms with Crippen LogP contribution in [0, 0.1) is 11.3 Å². The van der Waals surface area contributed by atoms with E-state index in [1.165, 1.54) is 4.90 Å². The van der Waals surface area contributed by atoms with E-state index < -0.39 is 11.5 Å². The molecule has 2 heterocycles. The number of anilines is 1. The number of nitrogens with zero attached hydrogens (tertiary/aromatic N) is 3. The van der Waals surface area contributed by atoms with Gasteiger partial charge >= 0.3 is 6.09 Å². The first-order chi connectivity index (χ1) is 17.4. The number of aromatic nitrogens is 2. The molecule has 1 amide bonds. The number of ether oxygens (including phenoxy) is 2. The third kappa shape index (κ3) is 5.38. The van der Waals surface area contributed by atoms with Crippen molar-refractivity contribution in [3.05, 3.63) is 17.5 Å². The minimum absolute atomic E-state index is 0.0227. The standard InChI is InChI=1S/C26H37N5O5/c1-17(7-6-12-28-2)16-36-21-15-20(31-13-14-35-25(31)34)29-24(30-21)22(27)18-8-5-11-26(23(18)33)10-4-3-9-19(26)32/h15,17,28H,3-14,16,27H2,1-2H3/b22-18-/t17-,26+/m0/s1. The van der Waals surface area contributed by atoms with Gasteiger partial charge in [-0.2, -0.15) is 4.98 Å². The van der Waals surface area contributed by atoms with Crippen molar-refractivity contribution in [2.24, 2.45) is 17.1 Å². The van der Waals surface area contributed by atoms with Crippen molar-refractivity contribution in [2.75, 3.05) is 38.3 Å². The van der Waals surface area contributed by atoms with Crippen LogP contribution in [0.1, 0.15) is 70.5 Å². The number of hydrogen-bond acceptors (Lipinski definition) is 9. The molecule has 10 heteroatoms. The van der Waals surface area contributed by atoms with Gasteiger partial charge in [-0.15, -0.1) is 0 Å². The Morgan fingerprint density at radius 2 is 2.03 bits per heavy atom. The molecule has 196 valence electrons. The van der Waals surface area contributed by atoms with Gasteiger partial charge in [-0.25, -0.2) is 9.78 Å². The Morgan fingerprint density at radius 3 is 2.75 bits per heavy atom. The van der Waals surface area contributed by atoms with E-state index in [4.69, 9.17) is 15.2 Å². The fourth-order valence-electron chi connectivity index (χ4n) is 5.36. The first kappa shape index (κ1) is 26.1. The number of nitrogens with one attached hydrogen (secondary N) is 1. The van der Waals surface area contributed by atoms with Gasteiger partial charge < -0.3 is 20.5 Å². The summed E-state index contributed by atoms with van der Waals surface area (Å²) in [6.45, 7) is 4.09. The summed E-state index contributed by atoms with van der Waals surface area (Å²) in [5.41, 5.74) is 6.12. The molecule has 2 saturated carbocycles. The molecule has 1 aromatic rings. The number of allylic oxidation sites excluding steroid dienone is 1. The second-order valence-corrected chi connectivity index (χ2v) is 10.1. The van der Waals surface area contributed by atoms with Gasteiger partial charge in [0.15, 0.2) is 11.6 Å². The van der Waals surface area contributed by atoms with Gasteiger partial charge in [0.25, 0.3) is 0 Å². The van der Waals surface area contributed by atoms with Crippen LogP contribution in [0.25, 0.3) is 5.70 Å². The Morgan fingerprint density at radius 1 is 1.22 bits per heavy atom. The Balaban J connectivity index is 1.64. The second kappa shape index (κ2) is 11.4. The van der Waals surface area contributed by atoms with Crippen LogP contribution in [-0.2, 0) is 14.3 Å². The molecule has 0 unspecified atom stereocenters. The Labute approximate surface area is 212 Å². The first-order valence-electron chi connectivity index (χ1n) is 13.0. The minimum atomic E-state index is -0.963. The summed E-state index contributed by atoms with van der Waals surface area (Å²) in [5, 5.41) is 3.14. The summed E-state index contributed by atoms with van der Waals surface area (Å²) in [6.07, 6.45) is 5.96. The maximum absolute atomic E-state index is 13.6. The molecule has 36 heavy (non-hydrogen) atoms. The smallest absolute Gasteiger partial charge is 0.415 e. The Hall–Kier alpha value is -3.01. The third-order valence-electron chi connectivity index (χ3n) is 7.46. The largest absolute Gasteiger partial charge is 0.477 e. The lowest BCUT2D eigenvalue weighted by Crippen LogP contribution is -2.45. The molecule has 3 N–H and O–H groups in total. The van der Waals surface area contributed by atoms with Gasteiger partial charge in [-0.3, -0.25) is 14.5 Å². The van der Waals surface area contributed by atoms with Crippen LogP contribution in [0.2, 0.25) is 0 Å². The number of cyclic esters (lactones) is 1. The zero-order chi connectivity index (χ0) is 25.7. The number of Topliss-reactive ketones (excluding diaryl/α,β-unsaturated/α-hetero) is 2. The minimum Gasteiger partial charge on any atom is -0.477 e. The van der Waals surface area contributed by atoms with E-state index in [0.717, 1.165) is 32.2 Å². The highest BCUT2D eigenvalue weighted by Crippen LogP contribution is 2.45. The highest BCUT2D eigenvalue weighted by molar-refractivity contribution is 6.17. The maximum Gasteiger partial charge on any atom is 0.415 e. The number of hydrogen-bond donors (Lipinski definition) is 2. The fourth-order valence-corrected chi connectivity index (χ4v) is 5.36. The summed E-state index contributed by atoms with van der Waals surface area (Å²) >= 11 is 0. The average molecular weight is 500 g/mol. The van der Waals surface area contributed by atoms with Crippen LogP contribution in [0.5, 0.6) is 5.88 Å². The number of amides is 1. The van der Waals surface area contributed by atoms with Gasteiger partial charge in [-0.05, 0) is 64.5 Å². The van der Waals surface area contributed by atoms with E-state index in [1.54, 1.807) is 6.07 Å². The van der Waals surface area contributed by atoms with Crippen molar-refractivity contribution >= 4 is 29.2 Å². The predicted octanol–water partition coefficient (Wildman–Crippen LogP) is 3.00. The zero-order valence-corrected chi connectivity index (χ0v) is 21.3. The molecule has 1 spiro atoms. The quantitative estimate of drug-likeness (QED) is 0.298. The van der Waals surface area contributed by atoms with Gasteiger partial charge in [0.1, 0.15) is 18.2 Å². The molecule has 2 aliphatic carbocycles. The van der Waals surface area contributed by atoms with E-state index >= 15 is 0 Å². The van der Waals surface area contributed by atoms with E-state index in [0.29, 0.717) is 62.6 Å². The number of carbonyl (C=O) groups excluding carboxylic acids is 3. The molecule has 3 fully saturated rings. The van der Waals surface area contributed by atoms with Crippen molar-refractivity contribution in [2.45, 2.75) is 64.7 Å². The number of carbonyl (C=O) groups is 3. The molecule has 1 saturated heterocycles. The molecule has 4 rings (SSSR count). The number of nitrogens with two attached hydrogens (primary N) is 1. The molecule has 1 aromatic heterocycles. The van der Waals surface area contributed by atoms with Crippen molar-refractivity contribution in [1.29, 1.82) is 0 Å². The van der Waals surface area contributed by atoms with Crippen LogP contribution in [0.15, 0.2) is 11.6 Å². The average Bonchev–Trinajstić information content (AvgIpc) is 3.31.